The van der Waals surface area contributed by atoms with Crippen LogP contribution in [-0.2, 0) is 0 Å². The van der Waals surface area contributed by atoms with Crippen molar-refractivity contribution in [2.75, 3.05) is 0 Å². The summed E-state index contributed by atoms with van der Waals surface area (Å²) in [6.45, 7) is 3.72. The van der Waals surface area contributed by atoms with Gasteiger partial charge in [-0.05, 0) is 13.8 Å². The molecule has 2 aromatic rings. The van der Waals surface area contributed by atoms with Crippen LogP contribution in [0.4, 0.5) is 0 Å². The lowest BCUT2D eigenvalue weighted by Gasteiger charge is -1.95. The first-order valence-corrected chi connectivity index (χ1v) is 3.90. The Labute approximate surface area is 74.6 Å². The third-order valence-corrected chi connectivity index (χ3v) is 1.91. The molecule has 0 saturated carbocycles. The van der Waals surface area contributed by atoms with Gasteiger partial charge in [-0.2, -0.15) is 0 Å². The lowest BCUT2D eigenvalue weighted by molar-refractivity contribution is 0.110. The molecule has 0 N–H and O–H groups in total. The Morgan fingerprint density at radius 3 is 2.69 bits per heavy atom. The van der Waals surface area contributed by atoms with Gasteiger partial charge in [0.2, 0.25) is 5.71 Å². The van der Waals surface area contributed by atoms with Crippen LogP contribution in [0.2, 0.25) is 0 Å². The minimum absolute atomic E-state index is 0.264. The van der Waals surface area contributed by atoms with Crippen molar-refractivity contribution in [1.82, 2.24) is 9.97 Å². The number of furan rings is 1. The highest BCUT2D eigenvalue weighted by Crippen LogP contribution is 2.15. The number of fused-ring (bicyclic) bond motifs is 1. The van der Waals surface area contributed by atoms with Gasteiger partial charge in [-0.15, -0.1) is 0 Å². The molecule has 0 aliphatic heterocycles. The molecule has 0 saturated heterocycles. The van der Waals surface area contributed by atoms with Crippen LogP contribution in [0.5, 0.6) is 0 Å². The molecule has 13 heavy (non-hydrogen) atoms. The zero-order chi connectivity index (χ0) is 9.42. The van der Waals surface area contributed by atoms with Crippen LogP contribution in [0.25, 0.3) is 11.2 Å². The third-order valence-electron chi connectivity index (χ3n) is 1.91. The van der Waals surface area contributed by atoms with Crippen LogP contribution in [0.15, 0.2) is 10.5 Å². The van der Waals surface area contributed by atoms with Crippen LogP contribution in [-0.4, -0.2) is 16.3 Å². The Bertz CT molecular complexity index is 435. The molecule has 0 fully saturated rings. The Morgan fingerprint density at radius 2 is 2.00 bits per heavy atom. The molecule has 0 spiro atoms. The first-order chi connectivity index (χ1) is 6.20. The molecule has 0 aromatic carbocycles. The van der Waals surface area contributed by atoms with Crippen molar-refractivity contribution >= 4 is 17.5 Å². The van der Waals surface area contributed by atoms with Gasteiger partial charge in [-0.3, -0.25) is 4.79 Å². The Hall–Kier alpha value is -1.71. The Morgan fingerprint density at radius 1 is 1.31 bits per heavy atom. The highest BCUT2D eigenvalue weighted by molar-refractivity contribution is 5.80. The molecule has 4 heteroatoms. The Kier molecular flexibility index (Phi) is 1.62. The molecule has 0 aliphatic carbocycles. The van der Waals surface area contributed by atoms with Gasteiger partial charge in [-0.25, -0.2) is 9.97 Å². The van der Waals surface area contributed by atoms with E-state index < -0.39 is 0 Å². The van der Waals surface area contributed by atoms with Crippen molar-refractivity contribution in [2.24, 2.45) is 0 Å². The summed E-state index contributed by atoms with van der Waals surface area (Å²) < 4.78 is 5.11. The normalized spacial score (nSPS) is 10.6. The van der Waals surface area contributed by atoms with E-state index in [1.165, 1.54) is 0 Å². The summed E-state index contributed by atoms with van der Waals surface area (Å²) in [6, 6.07) is 1.59. The molecule has 0 atom stereocenters. The van der Waals surface area contributed by atoms with Gasteiger partial charge in [0.15, 0.2) is 12.0 Å². The average molecular weight is 176 g/mol. The fourth-order valence-corrected chi connectivity index (χ4v) is 1.10. The molecule has 2 aromatic heterocycles. The predicted octanol–water partition coefficient (Wildman–Crippen LogP) is 1.65. The summed E-state index contributed by atoms with van der Waals surface area (Å²) in [5.41, 5.74) is 2.72. The SMILES string of the molecule is Cc1nc2cc(C=O)oc2nc1C. The molecule has 2 heterocycles. The van der Waals surface area contributed by atoms with Crippen LogP contribution < -0.4 is 0 Å². The largest absolute Gasteiger partial charge is 0.433 e. The number of carbonyl (C=O) groups excluding carboxylic acids is 1. The smallest absolute Gasteiger partial charge is 0.246 e. The molecule has 0 bridgehead atoms. The zero-order valence-electron chi connectivity index (χ0n) is 7.37. The second kappa shape index (κ2) is 2.65. The van der Waals surface area contributed by atoms with Crippen molar-refractivity contribution in [3.8, 4) is 0 Å². The first kappa shape index (κ1) is 7.91. The van der Waals surface area contributed by atoms with Gasteiger partial charge in [0, 0.05) is 6.07 Å². The second-order valence-corrected chi connectivity index (χ2v) is 2.85. The molecule has 0 amide bonds. The lowest BCUT2D eigenvalue weighted by atomic mass is 10.3. The zero-order valence-corrected chi connectivity index (χ0v) is 7.37. The van der Waals surface area contributed by atoms with Crippen molar-refractivity contribution in [1.29, 1.82) is 0 Å². The van der Waals surface area contributed by atoms with Gasteiger partial charge in [0.05, 0.1) is 11.4 Å². The van der Waals surface area contributed by atoms with E-state index in [0.29, 0.717) is 17.5 Å². The maximum Gasteiger partial charge on any atom is 0.246 e. The van der Waals surface area contributed by atoms with Gasteiger partial charge < -0.3 is 4.42 Å². The number of carbonyl (C=O) groups is 1. The summed E-state index contributed by atoms with van der Waals surface area (Å²) >= 11 is 0. The second-order valence-electron chi connectivity index (χ2n) is 2.85. The molecule has 66 valence electrons. The first-order valence-electron chi connectivity index (χ1n) is 3.90. The number of nitrogens with zero attached hydrogens (tertiary/aromatic N) is 2. The number of hydrogen-bond acceptors (Lipinski definition) is 4. The molecular formula is C9H8N2O2. The fourth-order valence-electron chi connectivity index (χ4n) is 1.10. The van der Waals surface area contributed by atoms with Crippen molar-refractivity contribution in [2.45, 2.75) is 13.8 Å². The summed E-state index contributed by atoms with van der Waals surface area (Å²) in [4.78, 5) is 18.8. The average Bonchev–Trinajstić information content (AvgIpc) is 2.48. The molecular weight excluding hydrogens is 168 g/mol. The van der Waals surface area contributed by atoms with E-state index in [1.54, 1.807) is 6.07 Å². The van der Waals surface area contributed by atoms with Crippen LogP contribution in [0, 0.1) is 13.8 Å². The predicted molar refractivity (Wildman–Crippen MR) is 46.7 cm³/mol. The van der Waals surface area contributed by atoms with E-state index in [4.69, 9.17) is 4.42 Å². The van der Waals surface area contributed by atoms with E-state index in [-0.39, 0.29) is 5.76 Å². The van der Waals surface area contributed by atoms with E-state index in [9.17, 15) is 4.79 Å². The number of aryl methyl sites for hydroxylation is 2. The van der Waals surface area contributed by atoms with Crippen LogP contribution in [0.3, 0.4) is 0 Å². The Balaban J connectivity index is 2.77. The van der Waals surface area contributed by atoms with Crippen molar-refractivity contribution < 1.29 is 9.21 Å². The molecule has 4 nitrogen and oxygen atoms in total. The molecule has 0 radical (unpaired) electrons. The van der Waals surface area contributed by atoms with E-state index in [2.05, 4.69) is 9.97 Å². The fraction of sp³-hybridized carbons (Fsp3) is 0.222. The van der Waals surface area contributed by atoms with Gasteiger partial charge in [0.1, 0.15) is 5.52 Å². The summed E-state index contributed by atoms with van der Waals surface area (Å²) in [5, 5.41) is 0. The third kappa shape index (κ3) is 1.20. The molecule has 2 rings (SSSR count). The van der Waals surface area contributed by atoms with E-state index in [1.807, 2.05) is 13.8 Å². The summed E-state index contributed by atoms with van der Waals surface area (Å²) in [5.74, 6) is 0.264. The minimum atomic E-state index is 0.264. The topological polar surface area (TPSA) is 56.0 Å². The minimum Gasteiger partial charge on any atom is -0.433 e. The monoisotopic (exact) mass is 176 g/mol. The van der Waals surface area contributed by atoms with Crippen molar-refractivity contribution in [3.05, 3.63) is 23.2 Å². The maximum atomic E-state index is 10.4. The number of rotatable bonds is 1. The number of aldehydes is 1. The quantitative estimate of drug-likeness (QED) is 0.620. The molecule has 0 unspecified atom stereocenters. The van der Waals surface area contributed by atoms with E-state index >= 15 is 0 Å². The van der Waals surface area contributed by atoms with Crippen LogP contribution >= 0.6 is 0 Å². The number of hydrogen-bond donors (Lipinski definition) is 0. The number of aromatic nitrogens is 2. The van der Waals surface area contributed by atoms with Crippen molar-refractivity contribution in [3.63, 3.8) is 0 Å². The summed E-state index contributed by atoms with van der Waals surface area (Å²) in [6.07, 6.45) is 0.647. The molecule has 0 aliphatic rings. The standard InChI is InChI=1S/C9H8N2O2/c1-5-6(2)11-9-8(10-5)3-7(4-12)13-9/h3-4H,1-2H3. The highest BCUT2D eigenvalue weighted by Gasteiger charge is 2.07. The summed E-state index contributed by atoms with van der Waals surface area (Å²) in [7, 11) is 0. The van der Waals surface area contributed by atoms with Gasteiger partial charge >= 0.3 is 0 Å². The van der Waals surface area contributed by atoms with E-state index in [0.717, 1.165) is 11.4 Å². The lowest BCUT2D eigenvalue weighted by Crippen LogP contribution is -1.90. The van der Waals surface area contributed by atoms with Crippen LogP contribution in [0.1, 0.15) is 21.9 Å². The maximum absolute atomic E-state index is 10.4. The van der Waals surface area contributed by atoms with Gasteiger partial charge in [0.25, 0.3) is 0 Å². The van der Waals surface area contributed by atoms with Gasteiger partial charge in [-0.1, -0.05) is 0 Å². The highest BCUT2D eigenvalue weighted by atomic mass is 16.3.